The van der Waals surface area contributed by atoms with E-state index in [1.807, 2.05) is 48.5 Å². The third kappa shape index (κ3) is 3.28. The summed E-state index contributed by atoms with van der Waals surface area (Å²) in [5.74, 6) is 0.748. The number of anilines is 1. The highest BCUT2D eigenvalue weighted by molar-refractivity contribution is 9.10. The van der Waals surface area contributed by atoms with Gasteiger partial charge in [-0.05, 0) is 42.3 Å². The summed E-state index contributed by atoms with van der Waals surface area (Å²) in [6.45, 7) is 2.08. The summed E-state index contributed by atoms with van der Waals surface area (Å²) in [5, 5.41) is 5.41. The van der Waals surface area contributed by atoms with Crippen LogP contribution in [-0.2, 0) is 0 Å². The van der Waals surface area contributed by atoms with Crippen LogP contribution >= 0.6 is 15.9 Å². The maximum Gasteiger partial charge on any atom is 0.147 e. The van der Waals surface area contributed by atoms with Gasteiger partial charge in [0.25, 0.3) is 0 Å². The SMILES string of the molecule is Cc1cc(N/N=C/c2cccc(Br)c2)nc2ccccc12. The number of pyridine rings is 1. The molecule has 1 heterocycles. The molecule has 1 N–H and O–H groups in total. The van der Waals surface area contributed by atoms with Crippen LogP contribution in [0.25, 0.3) is 10.9 Å². The standard InChI is InChI=1S/C17H14BrN3/c1-12-9-17(20-16-8-3-2-7-15(12)16)21-19-11-13-5-4-6-14(18)10-13/h2-11H,1H3,(H,20,21)/b19-11+. The average Bonchev–Trinajstić information content (AvgIpc) is 2.47. The van der Waals surface area contributed by atoms with E-state index in [-0.39, 0.29) is 0 Å². The molecule has 0 radical (unpaired) electrons. The normalized spacial score (nSPS) is 11.1. The first-order chi connectivity index (χ1) is 10.2. The van der Waals surface area contributed by atoms with Gasteiger partial charge >= 0.3 is 0 Å². The number of halogens is 1. The highest BCUT2D eigenvalue weighted by atomic mass is 79.9. The molecule has 0 aliphatic carbocycles. The van der Waals surface area contributed by atoms with Gasteiger partial charge in [0, 0.05) is 9.86 Å². The first-order valence-electron chi connectivity index (χ1n) is 6.63. The van der Waals surface area contributed by atoms with E-state index in [1.54, 1.807) is 6.21 Å². The molecule has 1 aromatic heterocycles. The highest BCUT2D eigenvalue weighted by Crippen LogP contribution is 2.19. The number of fused-ring (bicyclic) bond motifs is 1. The van der Waals surface area contributed by atoms with Gasteiger partial charge in [-0.3, -0.25) is 5.43 Å². The number of rotatable bonds is 3. The molecule has 0 unspecified atom stereocenters. The van der Waals surface area contributed by atoms with E-state index in [2.05, 4.69) is 44.4 Å². The molecule has 4 heteroatoms. The van der Waals surface area contributed by atoms with Gasteiger partial charge in [0.2, 0.25) is 0 Å². The molecule has 0 amide bonds. The topological polar surface area (TPSA) is 37.3 Å². The summed E-state index contributed by atoms with van der Waals surface area (Å²) in [5.41, 5.74) is 6.16. The second-order valence-corrected chi connectivity index (χ2v) is 5.68. The monoisotopic (exact) mass is 339 g/mol. The number of hydrazone groups is 1. The van der Waals surface area contributed by atoms with Crippen molar-refractivity contribution in [3.63, 3.8) is 0 Å². The van der Waals surface area contributed by atoms with Gasteiger partial charge in [-0.2, -0.15) is 5.10 Å². The molecule has 0 bridgehead atoms. The first-order valence-corrected chi connectivity index (χ1v) is 7.43. The van der Waals surface area contributed by atoms with Crippen molar-refractivity contribution < 1.29 is 0 Å². The van der Waals surface area contributed by atoms with Crippen LogP contribution in [0.1, 0.15) is 11.1 Å². The third-order valence-electron chi connectivity index (χ3n) is 3.16. The number of aryl methyl sites for hydroxylation is 1. The van der Waals surface area contributed by atoms with Gasteiger partial charge in [-0.25, -0.2) is 4.98 Å². The van der Waals surface area contributed by atoms with Crippen LogP contribution in [0, 0.1) is 6.92 Å². The maximum atomic E-state index is 4.55. The van der Waals surface area contributed by atoms with Crippen molar-refractivity contribution in [2.75, 3.05) is 5.43 Å². The lowest BCUT2D eigenvalue weighted by atomic mass is 10.1. The van der Waals surface area contributed by atoms with E-state index in [1.165, 1.54) is 10.9 Å². The molecule has 21 heavy (non-hydrogen) atoms. The lowest BCUT2D eigenvalue weighted by Gasteiger charge is -2.05. The van der Waals surface area contributed by atoms with Crippen molar-refractivity contribution in [2.24, 2.45) is 5.10 Å². The number of hydrogen-bond donors (Lipinski definition) is 1. The number of para-hydroxylation sites is 1. The van der Waals surface area contributed by atoms with E-state index < -0.39 is 0 Å². The number of nitrogens with zero attached hydrogens (tertiary/aromatic N) is 2. The highest BCUT2D eigenvalue weighted by Gasteiger charge is 2.00. The average molecular weight is 340 g/mol. The van der Waals surface area contributed by atoms with Gasteiger partial charge < -0.3 is 0 Å². The van der Waals surface area contributed by atoms with Crippen LogP contribution in [0.2, 0.25) is 0 Å². The zero-order valence-electron chi connectivity index (χ0n) is 11.5. The summed E-state index contributed by atoms with van der Waals surface area (Å²) in [6, 6.07) is 18.1. The molecule has 0 saturated carbocycles. The zero-order chi connectivity index (χ0) is 14.7. The Kier molecular flexibility index (Phi) is 3.97. The molecule has 0 saturated heterocycles. The van der Waals surface area contributed by atoms with Gasteiger partial charge in [0.05, 0.1) is 11.7 Å². The van der Waals surface area contributed by atoms with Crippen molar-refractivity contribution in [3.05, 3.63) is 70.2 Å². The molecule has 0 atom stereocenters. The lowest BCUT2D eigenvalue weighted by Crippen LogP contribution is -1.95. The molecular weight excluding hydrogens is 326 g/mol. The summed E-state index contributed by atoms with van der Waals surface area (Å²) < 4.78 is 1.03. The lowest BCUT2D eigenvalue weighted by molar-refractivity contribution is 1.25. The number of aromatic nitrogens is 1. The minimum absolute atomic E-state index is 0.748. The molecule has 3 nitrogen and oxygen atoms in total. The van der Waals surface area contributed by atoms with E-state index in [0.717, 1.165) is 21.4 Å². The Balaban J connectivity index is 1.82. The van der Waals surface area contributed by atoms with Crippen LogP contribution < -0.4 is 5.43 Å². The summed E-state index contributed by atoms with van der Waals surface area (Å²) >= 11 is 3.44. The Bertz CT molecular complexity index is 812. The van der Waals surface area contributed by atoms with Crippen LogP contribution in [0.5, 0.6) is 0 Å². The Morgan fingerprint density at radius 3 is 2.81 bits per heavy atom. The fourth-order valence-electron chi connectivity index (χ4n) is 2.17. The quantitative estimate of drug-likeness (QED) is 0.552. The summed E-state index contributed by atoms with van der Waals surface area (Å²) in [6.07, 6.45) is 1.77. The molecule has 0 aliphatic rings. The number of benzene rings is 2. The predicted molar refractivity (Wildman–Crippen MR) is 91.8 cm³/mol. The predicted octanol–water partition coefficient (Wildman–Crippen LogP) is 4.75. The summed E-state index contributed by atoms with van der Waals surface area (Å²) in [7, 11) is 0. The van der Waals surface area contributed by atoms with Crippen molar-refractivity contribution in [1.29, 1.82) is 0 Å². The minimum atomic E-state index is 0.748. The molecule has 0 fully saturated rings. The van der Waals surface area contributed by atoms with Crippen molar-refractivity contribution in [3.8, 4) is 0 Å². The molecule has 3 rings (SSSR count). The fourth-order valence-corrected chi connectivity index (χ4v) is 2.58. The number of hydrogen-bond acceptors (Lipinski definition) is 3. The van der Waals surface area contributed by atoms with Crippen LogP contribution in [0.3, 0.4) is 0 Å². The van der Waals surface area contributed by atoms with E-state index in [0.29, 0.717) is 0 Å². The van der Waals surface area contributed by atoms with Gasteiger partial charge in [-0.15, -0.1) is 0 Å². The largest absolute Gasteiger partial charge is 0.261 e. The third-order valence-corrected chi connectivity index (χ3v) is 3.66. The van der Waals surface area contributed by atoms with E-state index in [4.69, 9.17) is 0 Å². The van der Waals surface area contributed by atoms with E-state index >= 15 is 0 Å². The smallest absolute Gasteiger partial charge is 0.147 e. The van der Waals surface area contributed by atoms with Crippen LogP contribution in [0.15, 0.2) is 64.2 Å². The van der Waals surface area contributed by atoms with E-state index in [9.17, 15) is 0 Å². The molecule has 104 valence electrons. The van der Waals surface area contributed by atoms with Gasteiger partial charge in [0.1, 0.15) is 5.82 Å². The Morgan fingerprint density at radius 2 is 1.95 bits per heavy atom. The van der Waals surface area contributed by atoms with Crippen molar-refractivity contribution in [1.82, 2.24) is 4.98 Å². The molecular formula is C17H14BrN3. The van der Waals surface area contributed by atoms with Gasteiger partial charge in [0.15, 0.2) is 0 Å². The van der Waals surface area contributed by atoms with Crippen LogP contribution in [-0.4, -0.2) is 11.2 Å². The Hall–Kier alpha value is -2.20. The molecule has 2 aromatic carbocycles. The molecule has 0 aliphatic heterocycles. The second-order valence-electron chi connectivity index (χ2n) is 4.77. The summed E-state index contributed by atoms with van der Waals surface area (Å²) in [4.78, 5) is 4.55. The Morgan fingerprint density at radius 1 is 1.10 bits per heavy atom. The van der Waals surface area contributed by atoms with Crippen molar-refractivity contribution in [2.45, 2.75) is 6.92 Å². The molecule has 0 spiro atoms. The second kappa shape index (κ2) is 6.06. The fraction of sp³-hybridized carbons (Fsp3) is 0.0588. The number of nitrogens with one attached hydrogen (secondary N) is 1. The van der Waals surface area contributed by atoms with Crippen molar-refractivity contribution >= 4 is 38.9 Å². The minimum Gasteiger partial charge on any atom is -0.261 e. The maximum absolute atomic E-state index is 4.55. The van der Waals surface area contributed by atoms with Gasteiger partial charge in [-0.1, -0.05) is 46.3 Å². The Labute approximate surface area is 131 Å². The molecule has 3 aromatic rings. The van der Waals surface area contributed by atoms with Crippen LogP contribution in [0.4, 0.5) is 5.82 Å². The zero-order valence-corrected chi connectivity index (χ0v) is 13.1. The first kappa shape index (κ1) is 13.8.